The van der Waals surface area contributed by atoms with Gasteiger partial charge in [-0.2, -0.15) is 5.01 Å². The van der Waals surface area contributed by atoms with E-state index in [9.17, 15) is 14.4 Å². The van der Waals surface area contributed by atoms with Gasteiger partial charge in [0.05, 0.1) is 17.2 Å². The molecule has 3 amide bonds. The lowest BCUT2D eigenvalue weighted by Crippen LogP contribution is -2.53. The van der Waals surface area contributed by atoms with E-state index < -0.39 is 11.9 Å². The third kappa shape index (κ3) is 8.56. The molecule has 52 heavy (non-hydrogen) atoms. The predicted molar refractivity (Wildman–Crippen MR) is 208 cm³/mol. The number of carbonyl (C=O) groups is 3. The third-order valence-electron chi connectivity index (χ3n) is 10.4. The van der Waals surface area contributed by atoms with Crippen molar-refractivity contribution in [3.63, 3.8) is 0 Å². The minimum Gasteiger partial charge on any atom is -0.497 e. The van der Waals surface area contributed by atoms with Crippen LogP contribution in [-0.4, -0.2) is 61.3 Å². The van der Waals surface area contributed by atoms with Crippen molar-refractivity contribution in [2.75, 3.05) is 37.1 Å². The first-order valence-electron chi connectivity index (χ1n) is 17.9. The van der Waals surface area contributed by atoms with Crippen LogP contribution in [0.5, 0.6) is 11.5 Å². The van der Waals surface area contributed by atoms with Crippen LogP contribution >= 0.6 is 23.2 Å². The second-order valence-electron chi connectivity index (χ2n) is 14.6. The number of hydrogen-bond donors (Lipinski definition) is 2. The molecule has 1 saturated heterocycles. The number of amides is 3. The first kappa shape index (κ1) is 39.1. The summed E-state index contributed by atoms with van der Waals surface area (Å²) in [6.45, 7) is 14.3. The number of piperidine rings is 1. The number of nitrogens with zero attached hydrogens (tertiary/aromatic N) is 3. The van der Waals surface area contributed by atoms with E-state index in [0.29, 0.717) is 30.3 Å². The van der Waals surface area contributed by atoms with Crippen molar-refractivity contribution in [2.24, 2.45) is 5.10 Å². The van der Waals surface area contributed by atoms with Crippen LogP contribution in [0.25, 0.3) is 0 Å². The van der Waals surface area contributed by atoms with Crippen LogP contribution in [0.1, 0.15) is 95.1 Å². The van der Waals surface area contributed by atoms with Crippen molar-refractivity contribution >= 4 is 58.1 Å². The molecule has 12 heteroatoms. The largest absolute Gasteiger partial charge is 0.497 e. The fourth-order valence-electron chi connectivity index (χ4n) is 6.33. The monoisotopic (exact) mass is 749 g/mol. The summed E-state index contributed by atoms with van der Waals surface area (Å²) < 4.78 is 11.4. The van der Waals surface area contributed by atoms with Crippen LogP contribution in [0.2, 0.25) is 10.0 Å². The number of carbonyl (C=O) groups excluding carboxylic acids is 3. The molecular weight excluding hydrogens is 701 g/mol. The van der Waals surface area contributed by atoms with Gasteiger partial charge < -0.3 is 20.1 Å². The molecule has 2 N–H and O–H groups in total. The van der Waals surface area contributed by atoms with E-state index in [0.717, 1.165) is 42.7 Å². The molecule has 0 spiro atoms. The van der Waals surface area contributed by atoms with Crippen molar-refractivity contribution in [3.8, 4) is 11.5 Å². The fourth-order valence-corrected chi connectivity index (χ4v) is 6.96. The van der Waals surface area contributed by atoms with Crippen LogP contribution in [0.4, 0.5) is 11.4 Å². The highest BCUT2D eigenvalue weighted by Gasteiger charge is 2.43. The highest BCUT2D eigenvalue weighted by atomic mass is 35.5. The Morgan fingerprint density at radius 2 is 1.58 bits per heavy atom. The van der Waals surface area contributed by atoms with Gasteiger partial charge in [-0.1, -0.05) is 89.4 Å². The Bertz CT molecular complexity index is 1830. The molecule has 3 aromatic rings. The first-order chi connectivity index (χ1) is 24.7. The Labute approximate surface area is 316 Å². The van der Waals surface area contributed by atoms with Gasteiger partial charge in [0.2, 0.25) is 0 Å². The molecular formula is C40H49Cl2N5O5. The molecule has 0 bridgehead atoms. The Balaban J connectivity index is 1.32. The van der Waals surface area contributed by atoms with Crippen LogP contribution < -0.4 is 25.1 Å². The quantitative estimate of drug-likeness (QED) is 0.193. The molecule has 278 valence electrons. The maximum absolute atomic E-state index is 13.9. The Morgan fingerprint density at radius 1 is 0.904 bits per heavy atom. The Hall–Kier alpha value is -4.12. The molecule has 2 aliphatic rings. The fraction of sp³-hybridized carbons (Fsp3) is 0.450. The number of halogens is 2. The number of amidine groups is 1. The van der Waals surface area contributed by atoms with Gasteiger partial charge in [-0.3, -0.25) is 19.3 Å². The van der Waals surface area contributed by atoms with E-state index in [1.807, 2.05) is 11.0 Å². The smallest absolute Gasteiger partial charge is 0.272 e. The van der Waals surface area contributed by atoms with Gasteiger partial charge in [-0.25, -0.2) is 0 Å². The molecule has 10 nitrogen and oxygen atoms in total. The van der Waals surface area contributed by atoms with Gasteiger partial charge in [0.15, 0.2) is 18.5 Å². The molecule has 0 saturated carbocycles. The van der Waals surface area contributed by atoms with Crippen molar-refractivity contribution in [2.45, 2.75) is 90.5 Å². The highest BCUT2D eigenvalue weighted by Crippen LogP contribution is 2.40. The van der Waals surface area contributed by atoms with E-state index in [2.05, 4.69) is 69.4 Å². The van der Waals surface area contributed by atoms with Crippen LogP contribution in [0, 0.1) is 0 Å². The summed E-state index contributed by atoms with van der Waals surface area (Å²) in [4.78, 5) is 42.7. The van der Waals surface area contributed by atoms with E-state index >= 15 is 0 Å². The van der Waals surface area contributed by atoms with E-state index in [-0.39, 0.29) is 56.4 Å². The second kappa shape index (κ2) is 16.3. The van der Waals surface area contributed by atoms with E-state index in [1.165, 1.54) is 12.7 Å². The zero-order chi connectivity index (χ0) is 37.8. The number of ether oxygens (including phenoxy) is 2. The topological polar surface area (TPSA) is 113 Å². The van der Waals surface area contributed by atoms with E-state index in [1.54, 1.807) is 36.4 Å². The highest BCUT2D eigenvalue weighted by molar-refractivity contribution is 6.41. The van der Waals surface area contributed by atoms with Crippen molar-refractivity contribution in [1.82, 2.24) is 10.2 Å². The summed E-state index contributed by atoms with van der Waals surface area (Å²) in [5, 5.41) is 11.8. The summed E-state index contributed by atoms with van der Waals surface area (Å²) in [6, 6.07) is 15.1. The average Bonchev–Trinajstić information content (AvgIpc) is 3.44. The number of benzene rings is 3. The SMILES string of the molecule is CCC(C)(C)c1ccc(OCC(=O)Nc2cccc(C(=O)NC3=NN(c4c(Cl)cc(OC)cc4Cl)C(=O)C3N3CCCCC3)c2)c(C(C)(C)CC)c1. The summed E-state index contributed by atoms with van der Waals surface area (Å²) in [6.07, 6.45) is 4.79. The number of hydrazone groups is 1. The molecule has 0 aromatic heterocycles. The molecule has 1 atom stereocenters. The van der Waals surface area contributed by atoms with Gasteiger partial charge in [-0.05, 0) is 79.4 Å². The van der Waals surface area contributed by atoms with Gasteiger partial charge in [0, 0.05) is 28.9 Å². The van der Waals surface area contributed by atoms with Gasteiger partial charge in [0.1, 0.15) is 17.2 Å². The summed E-state index contributed by atoms with van der Waals surface area (Å²) in [5.41, 5.74) is 3.05. The molecule has 2 heterocycles. The molecule has 0 radical (unpaired) electrons. The predicted octanol–water partition coefficient (Wildman–Crippen LogP) is 8.34. The van der Waals surface area contributed by atoms with Gasteiger partial charge >= 0.3 is 0 Å². The summed E-state index contributed by atoms with van der Waals surface area (Å²) in [5.74, 6) is 0.0478. The maximum atomic E-state index is 13.9. The minimum absolute atomic E-state index is 0.0114. The summed E-state index contributed by atoms with van der Waals surface area (Å²) in [7, 11) is 1.49. The zero-order valence-electron chi connectivity index (χ0n) is 31.1. The van der Waals surface area contributed by atoms with Crippen LogP contribution in [0.15, 0.2) is 59.7 Å². The van der Waals surface area contributed by atoms with Crippen LogP contribution in [-0.2, 0) is 20.4 Å². The van der Waals surface area contributed by atoms with E-state index in [4.69, 9.17) is 32.7 Å². The molecule has 1 fully saturated rings. The summed E-state index contributed by atoms with van der Waals surface area (Å²) >= 11 is 13.1. The van der Waals surface area contributed by atoms with Crippen LogP contribution in [0.3, 0.4) is 0 Å². The molecule has 0 aliphatic carbocycles. The second-order valence-corrected chi connectivity index (χ2v) is 15.4. The maximum Gasteiger partial charge on any atom is 0.272 e. The number of anilines is 2. The number of nitrogens with one attached hydrogen (secondary N) is 2. The van der Waals surface area contributed by atoms with Crippen molar-refractivity contribution < 1.29 is 23.9 Å². The normalized spacial score (nSPS) is 16.8. The molecule has 3 aromatic carbocycles. The first-order valence-corrected chi connectivity index (χ1v) is 18.6. The molecule has 2 aliphatic heterocycles. The lowest BCUT2D eigenvalue weighted by molar-refractivity contribution is -0.121. The number of hydrogen-bond acceptors (Lipinski definition) is 7. The number of rotatable bonds is 12. The molecule has 5 rings (SSSR count). The third-order valence-corrected chi connectivity index (χ3v) is 10.9. The lowest BCUT2D eigenvalue weighted by Gasteiger charge is -2.31. The van der Waals surface area contributed by atoms with Crippen molar-refractivity contribution in [3.05, 3.63) is 81.3 Å². The number of methoxy groups -OCH3 is 1. The Morgan fingerprint density at radius 3 is 2.21 bits per heavy atom. The molecule has 1 unspecified atom stereocenters. The number of likely N-dealkylation sites (tertiary alicyclic amines) is 1. The Kier molecular flexibility index (Phi) is 12.2. The van der Waals surface area contributed by atoms with Crippen molar-refractivity contribution in [1.29, 1.82) is 0 Å². The van der Waals surface area contributed by atoms with Gasteiger partial charge in [0.25, 0.3) is 17.7 Å². The van der Waals surface area contributed by atoms with Gasteiger partial charge in [-0.15, -0.1) is 5.10 Å². The minimum atomic E-state index is -0.830. The average molecular weight is 751 g/mol. The lowest BCUT2D eigenvalue weighted by atomic mass is 9.76. The zero-order valence-corrected chi connectivity index (χ0v) is 32.6. The standard InChI is InChI=1S/C40H49Cl2N5O5/c1-8-39(3,4)26-16-17-32(29(21-26)40(5,6)9-2)52-24-33(48)43-27-15-13-14-25(20-27)37(49)44-36-35(46-18-11-10-12-19-46)38(50)47(45-36)34-30(41)22-28(51-7)23-31(34)42/h13-17,20-23,35H,8-12,18-19,24H2,1-7H3,(H,43,48)(H,44,45,49).